The quantitative estimate of drug-likeness (QED) is 0.803. The van der Waals surface area contributed by atoms with E-state index in [1.807, 2.05) is 24.3 Å². The Kier molecular flexibility index (Phi) is 2.54. The van der Waals surface area contributed by atoms with E-state index in [0.29, 0.717) is 0 Å². The van der Waals surface area contributed by atoms with Crippen LogP contribution in [0.1, 0.15) is 0 Å². The van der Waals surface area contributed by atoms with Crippen LogP contribution in [0.3, 0.4) is 0 Å². The van der Waals surface area contributed by atoms with Crippen LogP contribution in [0.5, 0.6) is 5.75 Å². The number of ether oxygens (including phenoxy) is 1. The second kappa shape index (κ2) is 4.00. The summed E-state index contributed by atoms with van der Waals surface area (Å²) >= 11 is 0. The van der Waals surface area contributed by atoms with Gasteiger partial charge < -0.3 is 9.72 Å². The molecule has 1 N–H and O–H groups in total. The van der Waals surface area contributed by atoms with Crippen molar-refractivity contribution < 1.29 is 4.74 Å². The first-order chi connectivity index (χ1) is 7.31. The number of benzene rings is 1. The highest BCUT2D eigenvalue weighted by Gasteiger charge is 2.04. The molecule has 75 valence electrons. The van der Waals surface area contributed by atoms with Crippen molar-refractivity contribution in [2.24, 2.45) is 0 Å². The van der Waals surface area contributed by atoms with Crippen molar-refractivity contribution in [1.82, 2.24) is 4.98 Å². The molecule has 0 aliphatic carbocycles. The molecule has 2 aromatic rings. The van der Waals surface area contributed by atoms with Crippen LogP contribution in [0, 0.1) is 6.07 Å². The summed E-state index contributed by atoms with van der Waals surface area (Å²) in [6.07, 6.45) is 1.60. The minimum atomic E-state index is -0.238. The van der Waals surface area contributed by atoms with E-state index in [1.165, 1.54) is 0 Å². The second-order valence-corrected chi connectivity index (χ2v) is 3.05. The maximum Gasteiger partial charge on any atom is 0.256 e. The molecule has 0 atom stereocenters. The largest absolute Gasteiger partial charge is 0.496 e. The molecule has 2 rings (SSSR count). The van der Waals surface area contributed by atoms with Crippen LogP contribution in [-0.4, -0.2) is 12.1 Å². The number of hydrogen-bond acceptors (Lipinski definition) is 2. The lowest BCUT2D eigenvalue weighted by atomic mass is 10.1. The highest BCUT2D eigenvalue weighted by molar-refractivity contribution is 5.69. The molecule has 3 heteroatoms. The van der Waals surface area contributed by atoms with E-state index in [2.05, 4.69) is 11.1 Å². The summed E-state index contributed by atoms with van der Waals surface area (Å²) in [5, 5.41) is 0. The van der Waals surface area contributed by atoms with Gasteiger partial charge >= 0.3 is 0 Å². The van der Waals surface area contributed by atoms with Gasteiger partial charge in [-0.25, -0.2) is 0 Å². The summed E-state index contributed by atoms with van der Waals surface area (Å²) in [5.74, 6) is 0.736. The van der Waals surface area contributed by atoms with Gasteiger partial charge in [-0.1, -0.05) is 18.2 Å². The van der Waals surface area contributed by atoms with Crippen LogP contribution < -0.4 is 10.3 Å². The SMILES string of the molecule is COc1ccccc1-c1[c]c(=O)[nH]cc1. The van der Waals surface area contributed by atoms with E-state index >= 15 is 0 Å². The topological polar surface area (TPSA) is 42.1 Å². The zero-order chi connectivity index (χ0) is 10.7. The zero-order valence-electron chi connectivity index (χ0n) is 8.28. The molecule has 1 aromatic heterocycles. The second-order valence-electron chi connectivity index (χ2n) is 3.05. The predicted molar refractivity (Wildman–Crippen MR) is 57.9 cm³/mol. The van der Waals surface area contributed by atoms with Gasteiger partial charge in [0, 0.05) is 17.3 Å². The van der Waals surface area contributed by atoms with Crippen LogP contribution in [0.15, 0.2) is 41.3 Å². The molecule has 0 saturated heterocycles. The van der Waals surface area contributed by atoms with Gasteiger partial charge in [-0.2, -0.15) is 0 Å². The third-order valence-electron chi connectivity index (χ3n) is 2.11. The van der Waals surface area contributed by atoms with Crippen molar-refractivity contribution in [1.29, 1.82) is 0 Å². The Bertz CT molecular complexity index is 517. The number of H-pyrrole nitrogens is 1. The van der Waals surface area contributed by atoms with E-state index in [0.717, 1.165) is 16.9 Å². The van der Waals surface area contributed by atoms with Crippen molar-refractivity contribution >= 4 is 0 Å². The number of hydrogen-bond donors (Lipinski definition) is 1. The number of pyridine rings is 1. The minimum Gasteiger partial charge on any atom is -0.496 e. The summed E-state index contributed by atoms with van der Waals surface area (Å²) in [6.45, 7) is 0. The Labute approximate surface area is 87.3 Å². The van der Waals surface area contributed by atoms with Gasteiger partial charge in [-0.15, -0.1) is 0 Å². The molecule has 0 fully saturated rings. The summed E-state index contributed by atoms with van der Waals surface area (Å²) in [7, 11) is 1.60. The van der Waals surface area contributed by atoms with Crippen molar-refractivity contribution in [3.05, 3.63) is 52.9 Å². The van der Waals surface area contributed by atoms with E-state index < -0.39 is 0 Å². The molecule has 1 aromatic carbocycles. The predicted octanol–water partition coefficient (Wildman–Crippen LogP) is 1.85. The lowest BCUT2D eigenvalue weighted by Crippen LogP contribution is -2.03. The van der Waals surface area contributed by atoms with Gasteiger partial charge in [-0.05, 0) is 12.1 Å². The fourth-order valence-corrected chi connectivity index (χ4v) is 1.43. The maximum absolute atomic E-state index is 11.1. The van der Waals surface area contributed by atoms with Crippen LogP contribution in [-0.2, 0) is 0 Å². The van der Waals surface area contributed by atoms with Crippen LogP contribution in [0.4, 0.5) is 0 Å². The lowest BCUT2D eigenvalue weighted by molar-refractivity contribution is 0.416. The summed E-state index contributed by atoms with van der Waals surface area (Å²) in [5.41, 5.74) is 1.36. The molecule has 15 heavy (non-hydrogen) atoms. The fraction of sp³-hybridized carbons (Fsp3) is 0.0833. The molecule has 0 amide bonds. The number of aromatic nitrogens is 1. The Morgan fingerprint density at radius 3 is 2.80 bits per heavy atom. The first-order valence-corrected chi connectivity index (χ1v) is 4.55. The number of rotatable bonds is 2. The molecule has 0 bridgehead atoms. The number of methoxy groups -OCH3 is 1. The van der Waals surface area contributed by atoms with Gasteiger partial charge in [0.2, 0.25) is 0 Å². The minimum absolute atomic E-state index is 0.238. The van der Waals surface area contributed by atoms with Gasteiger partial charge in [0.05, 0.1) is 13.2 Å². The summed E-state index contributed by atoms with van der Waals surface area (Å²) in [6, 6.07) is 12.0. The van der Waals surface area contributed by atoms with E-state index in [1.54, 1.807) is 19.4 Å². The van der Waals surface area contributed by atoms with E-state index in [4.69, 9.17) is 4.74 Å². The number of nitrogens with one attached hydrogen (secondary N) is 1. The van der Waals surface area contributed by atoms with Crippen molar-refractivity contribution in [2.75, 3.05) is 7.11 Å². The molecule has 0 unspecified atom stereocenters. The summed E-state index contributed by atoms with van der Waals surface area (Å²) < 4.78 is 5.21. The first-order valence-electron chi connectivity index (χ1n) is 4.55. The van der Waals surface area contributed by atoms with Gasteiger partial charge in [0.1, 0.15) is 5.75 Å². The molecule has 0 saturated carbocycles. The summed E-state index contributed by atoms with van der Waals surface area (Å²) in [4.78, 5) is 13.6. The third-order valence-corrected chi connectivity index (χ3v) is 2.11. The average Bonchev–Trinajstić information content (AvgIpc) is 2.29. The van der Waals surface area contributed by atoms with Gasteiger partial charge in [-0.3, -0.25) is 4.79 Å². The molecule has 1 radical (unpaired) electrons. The van der Waals surface area contributed by atoms with E-state index in [9.17, 15) is 4.79 Å². The Morgan fingerprint density at radius 1 is 1.27 bits per heavy atom. The zero-order valence-corrected chi connectivity index (χ0v) is 8.28. The smallest absolute Gasteiger partial charge is 0.256 e. The monoisotopic (exact) mass is 200 g/mol. The number of para-hydroxylation sites is 1. The third kappa shape index (κ3) is 1.91. The van der Waals surface area contributed by atoms with Crippen LogP contribution in [0.25, 0.3) is 11.1 Å². The molecule has 0 spiro atoms. The standard InChI is InChI=1S/C12H10NO2/c1-15-11-5-3-2-4-10(11)9-6-7-13-12(14)8-9/h2-7H,1H3,(H,13,14). The Hall–Kier alpha value is -2.03. The molecule has 0 aliphatic heterocycles. The van der Waals surface area contributed by atoms with Gasteiger partial charge in [0.25, 0.3) is 5.56 Å². The fourth-order valence-electron chi connectivity index (χ4n) is 1.43. The lowest BCUT2D eigenvalue weighted by Gasteiger charge is -2.06. The highest BCUT2D eigenvalue weighted by atomic mass is 16.5. The molecule has 0 aliphatic rings. The van der Waals surface area contributed by atoms with Gasteiger partial charge in [0.15, 0.2) is 0 Å². The number of aromatic amines is 1. The molecular weight excluding hydrogens is 190 g/mol. The molecule has 1 heterocycles. The maximum atomic E-state index is 11.1. The first kappa shape index (κ1) is 9.52. The Balaban J connectivity index is 2.58. The van der Waals surface area contributed by atoms with Crippen LogP contribution >= 0.6 is 0 Å². The molecular formula is C12H10NO2. The molecule has 3 nitrogen and oxygen atoms in total. The van der Waals surface area contributed by atoms with Crippen LogP contribution in [0.2, 0.25) is 0 Å². The van der Waals surface area contributed by atoms with E-state index in [-0.39, 0.29) is 5.56 Å². The average molecular weight is 200 g/mol. The highest BCUT2D eigenvalue weighted by Crippen LogP contribution is 2.27. The van der Waals surface area contributed by atoms with Crippen molar-refractivity contribution in [2.45, 2.75) is 0 Å². The Morgan fingerprint density at radius 2 is 2.07 bits per heavy atom. The van der Waals surface area contributed by atoms with Crippen molar-refractivity contribution in [3.8, 4) is 16.9 Å². The van der Waals surface area contributed by atoms with Crippen molar-refractivity contribution in [3.63, 3.8) is 0 Å². The normalized spacial score (nSPS) is 9.93.